The molecule has 3 rings (SSSR count). The quantitative estimate of drug-likeness (QED) is 0.678. The molecule has 3 aliphatic carbocycles. The van der Waals surface area contributed by atoms with Crippen molar-refractivity contribution >= 4 is 5.97 Å². The van der Waals surface area contributed by atoms with Crippen LogP contribution in [-0.2, 0) is 9.53 Å². The van der Waals surface area contributed by atoms with E-state index in [1.165, 1.54) is 20.0 Å². The van der Waals surface area contributed by atoms with Gasteiger partial charge in [-0.2, -0.15) is 0 Å². The van der Waals surface area contributed by atoms with Crippen molar-refractivity contribution in [1.82, 2.24) is 0 Å². The number of ether oxygens (including phenoxy) is 1. The highest BCUT2D eigenvalue weighted by molar-refractivity contribution is 5.73. The van der Waals surface area contributed by atoms with Crippen molar-refractivity contribution in [3.8, 4) is 0 Å². The molecule has 3 fully saturated rings. The number of carbonyl (C=O) groups is 1. The second-order valence-corrected chi connectivity index (χ2v) is 4.57. The van der Waals surface area contributed by atoms with Crippen LogP contribution in [0.25, 0.3) is 0 Å². The fraction of sp³-hybridized carbons (Fsp3) is 0.909. The predicted molar refractivity (Wildman–Crippen MR) is 51.5 cm³/mol. The summed E-state index contributed by atoms with van der Waals surface area (Å²) in [7, 11) is 1.44. The Morgan fingerprint density at radius 1 is 1.29 bits per heavy atom. The first-order valence-corrected chi connectivity index (χ1v) is 5.46. The molecule has 3 nitrogen and oxygen atoms in total. The number of hydrogen-bond acceptors (Lipinski definition) is 3. The first-order chi connectivity index (χ1) is 6.77. The summed E-state index contributed by atoms with van der Waals surface area (Å²) < 4.78 is 4.82. The lowest BCUT2D eigenvalue weighted by Crippen LogP contribution is -2.45. The molecule has 0 unspecified atom stereocenters. The zero-order valence-corrected chi connectivity index (χ0v) is 8.61. The molecule has 3 aliphatic rings. The lowest BCUT2D eigenvalue weighted by molar-refractivity contribution is -0.157. The maximum Gasteiger partial charge on any atom is 0.309 e. The van der Waals surface area contributed by atoms with Gasteiger partial charge in [0, 0.05) is 6.61 Å². The smallest absolute Gasteiger partial charge is 0.309 e. The molecular weight excluding hydrogens is 180 g/mol. The first-order valence-electron chi connectivity index (χ1n) is 5.46. The number of aliphatic hydroxyl groups is 1. The molecule has 0 aliphatic heterocycles. The standard InChI is InChI=1S/C11H18O3/c1-14-11(13)10-8-4-2-7(3-5-8)9(10)6-12/h7-10,12H,2-6H2,1H3/t7?,8?,9-,10-/m1/s1. The largest absolute Gasteiger partial charge is 0.469 e. The van der Waals surface area contributed by atoms with Gasteiger partial charge in [0.15, 0.2) is 0 Å². The summed E-state index contributed by atoms with van der Waals surface area (Å²) in [6.07, 6.45) is 4.65. The molecule has 2 bridgehead atoms. The van der Waals surface area contributed by atoms with Gasteiger partial charge in [0.25, 0.3) is 0 Å². The Hall–Kier alpha value is -0.570. The molecule has 80 valence electrons. The van der Waals surface area contributed by atoms with Crippen LogP contribution in [0, 0.1) is 23.7 Å². The third-order valence-corrected chi connectivity index (χ3v) is 4.08. The Labute approximate surface area is 84.4 Å². The van der Waals surface area contributed by atoms with Crippen LogP contribution < -0.4 is 0 Å². The minimum atomic E-state index is -0.113. The molecule has 0 radical (unpaired) electrons. The Morgan fingerprint density at radius 2 is 1.86 bits per heavy atom. The monoisotopic (exact) mass is 198 g/mol. The first kappa shape index (κ1) is 9.97. The van der Waals surface area contributed by atoms with Gasteiger partial charge in [-0.05, 0) is 43.4 Å². The van der Waals surface area contributed by atoms with E-state index < -0.39 is 0 Å². The lowest BCUT2D eigenvalue weighted by Gasteiger charge is -2.46. The van der Waals surface area contributed by atoms with Crippen LogP contribution in [0.4, 0.5) is 0 Å². The molecule has 0 saturated heterocycles. The molecule has 0 spiro atoms. The second kappa shape index (κ2) is 3.89. The SMILES string of the molecule is COC(=O)[C@@H]1C2CCC(CC2)[C@H]1CO. The molecule has 3 saturated carbocycles. The summed E-state index contributed by atoms with van der Waals surface area (Å²) in [6, 6.07) is 0. The number of aliphatic hydroxyl groups excluding tert-OH is 1. The minimum Gasteiger partial charge on any atom is -0.469 e. The van der Waals surface area contributed by atoms with Gasteiger partial charge in [-0.15, -0.1) is 0 Å². The Kier molecular flexibility index (Phi) is 2.77. The zero-order valence-electron chi connectivity index (χ0n) is 8.61. The van der Waals surface area contributed by atoms with E-state index in [2.05, 4.69) is 0 Å². The highest BCUT2D eigenvalue weighted by atomic mass is 16.5. The van der Waals surface area contributed by atoms with Crippen LogP contribution in [0.2, 0.25) is 0 Å². The third-order valence-electron chi connectivity index (χ3n) is 4.08. The molecule has 0 heterocycles. The van der Waals surface area contributed by atoms with E-state index in [9.17, 15) is 9.90 Å². The average Bonchev–Trinajstić information content (AvgIpc) is 2.28. The third kappa shape index (κ3) is 1.44. The Balaban J connectivity index is 2.16. The molecular formula is C11H18O3. The van der Waals surface area contributed by atoms with Crippen molar-refractivity contribution in [2.24, 2.45) is 23.7 Å². The van der Waals surface area contributed by atoms with Crippen LogP contribution >= 0.6 is 0 Å². The maximum absolute atomic E-state index is 11.6. The number of fused-ring (bicyclic) bond motifs is 3. The molecule has 0 aromatic carbocycles. The van der Waals surface area contributed by atoms with E-state index in [1.807, 2.05) is 0 Å². The number of hydrogen-bond donors (Lipinski definition) is 1. The summed E-state index contributed by atoms with van der Waals surface area (Å²) in [4.78, 5) is 11.6. The van der Waals surface area contributed by atoms with Crippen molar-refractivity contribution < 1.29 is 14.6 Å². The van der Waals surface area contributed by atoms with Gasteiger partial charge in [0.1, 0.15) is 0 Å². The fourth-order valence-electron chi connectivity index (χ4n) is 3.34. The summed E-state index contributed by atoms with van der Waals surface area (Å²) >= 11 is 0. The fourth-order valence-corrected chi connectivity index (χ4v) is 3.34. The summed E-state index contributed by atoms with van der Waals surface area (Å²) in [5.74, 6) is 1.03. The van der Waals surface area contributed by atoms with Crippen LogP contribution in [0.5, 0.6) is 0 Å². The normalized spacial score (nSPS) is 41.0. The van der Waals surface area contributed by atoms with Gasteiger partial charge in [-0.3, -0.25) is 4.79 Å². The van der Waals surface area contributed by atoms with Gasteiger partial charge in [-0.25, -0.2) is 0 Å². The molecule has 0 amide bonds. The van der Waals surface area contributed by atoms with E-state index in [-0.39, 0.29) is 24.4 Å². The summed E-state index contributed by atoms with van der Waals surface area (Å²) in [6.45, 7) is 0.140. The Bertz CT molecular complexity index is 219. The number of carbonyl (C=O) groups excluding carboxylic acids is 1. The highest BCUT2D eigenvalue weighted by Crippen LogP contribution is 2.48. The molecule has 0 aromatic rings. The summed E-state index contributed by atoms with van der Waals surface area (Å²) in [5, 5.41) is 9.32. The predicted octanol–water partition coefficient (Wildman–Crippen LogP) is 1.20. The van der Waals surface area contributed by atoms with Crippen molar-refractivity contribution in [2.45, 2.75) is 25.7 Å². The molecule has 1 N–H and O–H groups in total. The van der Waals surface area contributed by atoms with E-state index in [0.29, 0.717) is 11.8 Å². The van der Waals surface area contributed by atoms with Gasteiger partial charge in [0.05, 0.1) is 13.0 Å². The Morgan fingerprint density at radius 3 is 2.36 bits per heavy atom. The van der Waals surface area contributed by atoms with Gasteiger partial charge in [0.2, 0.25) is 0 Å². The van der Waals surface area contributed by atoms with E-state index in [1.54, 1.807) is 0 Å². The van der Waals surface area contributed by atoms with Crippen molar-refractivity contribution in [1.29, 1.82) is 0 Å². The van der Waals surface area contributed by atoms with Crippen LogP contribution in [0.1, 0.15) is 25.7 Å². The zero-order chi connectivity index (χ0) is 10.1. The van der Waals surface area contributed by atoms with Crippen LogP contribution in [-0.4, -0.2) is 24.8 Å². The number of methoxy groups -OCH3 is 1. The average molecular weight is 198 g/mol. The minimum absolute atomic E-state index is 0.0301. The molecule has 0 aromatic heterocycles. The van der Waals surface area contributed by atoms with Gasteiger partial charge < -0.3 is 9.84 Å². The van der Waals surface area contributed by atoms with E-state index >= 15 is 0 Å². The number of rotatable bonds is 2. The van der Waals surface area contributed by atoms with E-state index in [0.717, 1.165) is 12.8 Å². The highest BCUT2D eigenvalue weighted by Gasteiger charge is 2.47. The molecule has 2 atom stereocenters. The van der Waals surface area contributed by atoms with Gasteiger partial charge >= 0.3 is 5.97 Å². The second-order valence-electron chi connectivity index (χ2n) is 4.57. The van der Waals surface area contributed by atoms with Crippen molar-refractivity contribution in [2.75, 3.05) is 13.7 Å². The van der Waals surface area contributed by atoms with Gasteiger partial charge in [-0.1, -0.05) is 0 Å². The van der Waals surface area contributed by atoms with E-state index in [4.69, 9.17) is 4.74 Å². The van der Waals surface area contributed by atoms with Crippen molar-refractivity contribution in [3.63, 3.8) is 0 Å². The summed E-state index contributed by atoms with van der Waals surface area (Å²) in [5.41, 5.74) is 0. The maximum atomic E-state index is 11.6. The number of esters is 1. The van der Waals surface area contributed by atoms with Crippen LogP contribution in [0.15, 0.2) is 0 Å². The van der Waals surface area contributed by atoms with Crippen molar-refractivity contribution in [3.05, 3.63) is 0 Å². The topological polar surface area (TPSA) is 46.5 Å². The molecule has 14 heavy (non-hydrogen) atoms. The lowest BCUT2D eigenvalue weighted by atomic mass is 9.59. The van der Waals surface area contributed by atoms with Crippen LogP contribution in [0.3, 0.4) is 0 Å². The molecule has 3 heteroatoms.